The molecule has 1 aromatic heterocycles. The zero-order valence-corrected chi connectivity index (χ0v) is 24.0. The molecule has 1 saturated heterocycles. The highest BCUT2D eigenvalue weighted by Gasteiger charge is 2.33. The van der Waals surface area contributed by atoms with Crippen molar-refractivity contribution in [2.45, 2.75) is 50.2 Å². The molecule has 2 aliphatic rings. The standard InChI is InChI=1S/C33H34ClN5O3/c34-26-11-9-22(10-12-26)19-29(37-31(40)28-20-24-5-1-2-6-25(24)21-36-28)32(41)38-16-13-23(14-17-38)27-7-3-4-8-30(27)39-18-15-35-33(39)42/h1-12,15,18,23,28-29,36H,13-14,16-17,19-21H2,(H,35,42)(H,37,40)/t28-,29+/m0/s1. The van der Waals surface area contributed by atoms with Gasteiger partial charge in [0.05, 0.1) is 11.7 Å². The maximum absolute atomic E-state index is 13.9. The molecule has 0 saturated carbocycles. The maximum atomic E-state index is 13.9. The molecule has 2 amide bonds. The number of carbonyl (C=O) groups is 2. The zero-order valence-electron chi connectivity index (χ0n) is 23.3. The van der Waals surface area contributed by atoms with Crippen molar-refractivity contribution in [3.8, 4) is 5.69 Å². The Morgan fingerprint density at radius 3 is 2.40 bits per heavy atom. The van der Waals surface area contributed by atoms with Gasteiger partial charge in [0, 0.05) is 43.5 Å². The number of imidazole rings is 1. The van der Waals surface area contributed by atoms with Crippen molar-refractivity contribution >= 4 is 23.4 Å². The van der Waals surface area contributed by atoms with E-state index < -0.39 is 12.1 Å². The van der Waals surface area contributed by atoms with Gasteiger partial charge in [0.25, 0.3) is 0 Å². The first-order valence-electron chi connectivity index (χ1n) is 14.5. The van der Waals surface area contributed by atoms with Crippen LogP contribution in [0.25, 0.3) is 5.69 Å². The van der Waals surface area contributed by atoms with Crippen LogP contribution < -0.4 is 16.3 Å². The van der Waals surface area contributed by atoms with Crippen molar-refractivity contribution < 1.29 is 9.59 Å². The number of H-pyrrole nitrogens is 1. The van der Waals surface area contributed by atoms with Crippen molar-refractivity contribution in [1.29, 1.82) is 0 Å². The van der Waals surface area contributed by atoms with Crippen molar-refractivity contribution in [3.05, 3.63) is 123 Å². The van der Waals surface area contributed by atoms with E-state index in [-0.39, 0.29) is 23.4 Å². The fourth-order valence-electron chi connectivity index (χ4n) is 6.16. The second-order valence-electron chi connectivity index (χ2n) is 11.1. The molecule has 3 N–H and O–H groups in total. The normalized spacial score (nSPS) is 17.8. The van der Waals surface area contributed by atoms with Gasteiger partial charge in [0.15, 0.2) is 0 Å². The molecule has 3 heterocycles. The molecule has 1 fully saturated rings. The number of piperidine rings is 1. The van der Waals surface area contributed by atoms with Gasteiger partial charge < -0.3 is 20.5 Å². The number of nitrogens with one attached hydrogen (secondary N) is 3. The van der Waals surface area contributed by atoms with E-state index in [4.69, 9.17) is 11.6 Å². The SMILES string of the molecule is O=C(N[C@H](Cc1ccc(Cl)cc1)C(=O)N1CCC(c2ccccc2-n2cc[nH]c2=O)CC1)[C@@H]1Cc2ccccc2CN1. The predicted molar refractivity (Wildman–Crippen MR) is 163 cm³/mol. The lowest BCUT2D eigenvalue weighted by atomic mass is 9.88. The van der Waals surface area contributed by atoms with Gasteiger partial charge in [0.1, 0.15) is 6.04 Å². The fraction of sp³-hybridized carbons (Fsp3) is 0.303. The summed E-state index contributed by atoms with van der Waals surface area (Å²) in [7, 11) is 0. The molecule has 2 aliphatic heterocycles. The van der Waals surface area contributed by atoms with Gasteiger partial charge in [0.2, 0.25) is 11.8 Å². The van der Waals surface area contributed by atoms with Gasteiger partial charge in [-0.25, -0.2) is 4.79 Å². The molecule has 4 aromatic rings. The summed E-state index contributed by atoms with van der Waals surface area (Å²) >= 11 is 6.10. The van der Waals surface area contributed by atoms with Crippen LogP contribution in [0.5, 0.6) is 0 Å². The summed E-state index contributed by atoms with van der Waals surface area (Å²) in [5, 5.41) is 7.05. The highest BCUT2D eigenvalue weighted by Crippen LogP contribution is 2.32. The number of fused-ring (bicyclic) bond motifs is 1. The lowest BCUT2D eigenvalue weighted by molar-refractivity contribution is -0.137. The molecular weight excluding hydrogens is 550 g/mol. The molecule has 0 spiro atoms. The first kappa shape index (κ1) is 28.0. The highest BCUT2D eigenvalue weighted by molar-refractivity contribution is 6.30. The molecule has 0 aliphatic carbocycles. The number of benzene rings is 3. The molecule has 6 rings (SSSR count). The lowest BCUT2D eigenvalue weighted by Crippen LogP contribution is -2.56. The summed E-state index contributed by atoms with van der Waals surface area (Å²) in [5.41, 5.74) is 5.07. The van der Waals surface area contributed by atoms with Crippen LogP contribution in [0.2, 0.25) is 5.02 Å². The third-order valence-corrected chi connectivity index (χ3v) is 8.71. The number of halogens is 1. The van der Waals surface area contributed by atoms with Crippen LogP contribution in [0, 0.1) is 0 Å². The predicted octanol–water partition coefficient (Wildman–Crippen LogP) is 3.97. The van der Waals surface area contributed by atoms with Crippen molar-refractivity contribution in [3.63, 3.8) is 0 Å². The number of carbonyl (C=O) groups excluding carboxylic acids is 2. The molecule has 216 valence electrons. The topological polar surface area (TPSA) is 99.2 Å². The summed E-state index contributed by atoms with van der Waals surface area (Å²) in [6, 6.07) is 22.4. The van der Waals surface area contributed by atoms with Crippen LogP contribution in [0.15, 0.2) is 90.0 Å². The second-order valence-corrected chi connectivity index (χ2v) is 11.5. The Kier molecular flexibility index (Phi) is 8.26. The largest absolute Gasteiger partial charge is 0.343 e. The summed E-state index contributed by atoms with van der Waals surface area (Å²) in [4.78, 5) is 44.3. The van der Waals surface area contributed by atoms with E-state index in [1.807, 2.05) is 47.4 Å². The van der Waals surface area contributed by atoms with E-state index in [0.29, 0.717) is 37.5 Å². The summed E-state index contributed by atoms with van der Waals surface area (Å²) in [6.45, 7) is 1.76. The summed E-state index contributed by atoms with van der Waals surface area (Å²) < 4.78 is 1.63. The number of aromatic nitrogens is 2. The van der Waals surface area contributed by atoms with Crippen LogP contribution in [0.4, 0.5) is 0 Å². The Hall–Kier alpha value is -4.14. The molecule has 0 bridgehead atoms. The quantitative estimate of drug-likeness (QED) is 0.307. The highest BCUT2D eigenvalue weighted by atomic mass is 35.5. The molecular formula is C33H34ClN5O3. The Labute approximate surface area is 249 Å². The maximum Gasteiger partial charge on any atom is 0.330 e. The number of para-hydroxylation sites is 1. The number of aromatic amines is 1. The average Bonchev–Trinajstić information content (AvgIpc) is 3.46. The molecule has 0 radical (unpaired) electrons. The van der Waals surface area contributed by atoms with Gasteiger partial charge in [-0.2, -0.15) is 0 Å². The number of likely N-dealkylation sites (tertiary alicyclic amines) is 1. The number of nitrogens with zero attached hydrogens (tertiary/aromatic N) is 2. The van der Waals surface area contributed by atoms with Gasteiger partial charge in [-0.3, -0.25) is 14.2 Å². The van der Waals surface area contributed by atoms with Crippen molar-refractivity contribution in [2.75, 3.05) is 13.1 Å². The van der Waals surface area contributed by atoms with E-state index in [0.717, 1.165) is 35.2 Å². The lowest BCUT2D eigenvalue weighted by Gasteiger charge is -2.36. The van der Waals surface area contributed by atoms with Crippen LogP contribution >= 0.6 is 11.6 Å². The minimum absolute atomic E-state index is 0.0805. The molecule has 0 unspecified atom stereocenters. The number of amides is 2. The summed E-state index contributed by atoms with van der Waals surface area (Å²) in [6.07, 6.45) is 5.87. The molecule has 3 aromatic carbocycles. The first-order chi connectivity index (χ1) is 20.5. The van der Waals surface area contributed by atoms with Crippen LogP contribution in [-0.4, -0.2) is 51.4 Å². The smallest absolute Gasteiger partial charge is 0.330 e. The van der Waals surface area contributed by atoms with Crippen LogP contribution in [0.3, 0.4) is 0 Å². The zero-order chi connectivity index (χ0) is 29.1. The van der Waals surface area contributed by atoms with Gasteiger partial charge >= 0.3 is 5.69 Å². The Bertz CT molecular complexity index is 1620. The third-order valence-electron chi connectivity index (χ3n) is 8.46. The van der Waals surface area contributed by atoms with Gasteiger partial charge in [-0.05, 0) is 65.6 Å². The van der Waals surface area contributed by atoms with E-state index in [1.165, 1.54) is 5.56 Å². The monoisotopic (exact) mass is 583 g/mol. The molecule has 8 nitrogen and oxygen atoms in total. The van der Waals surface area contributed by atoms with Crippen molar-refractivity contribution in [2.24, 2.45) is 0 Å². The van der Waals surface area contributed by atoms with E-state index in [9.17, 15) is 14.4 Å². The van der Waals surface area contributed by atoms with Gasteiger partial charge in [-0.15, -0.1) is 0 Å². The number of hydrogen-bond acceptors (Lipinski definition) is 4. The summed E-state index contributed by atoms with van der Waals surface area (Å²) in [5.74, 6) is -0.0384. The molecule has 2 atom stereocenters. The Morgan fingerprint density at radius 1 is 0.952 bits per heavy atom. The molecule has 9 heteroatoms. The van der Waals surface area contributed by atoms with Crippen molar-refractivity contribution in [1.82, 2.24) is 25.1 Å². The minimum atomic E-state index is -0.695. The van der Waals surface area contributed by atoms with Crippen LogP contribution in [0.1, 0.15) is 41.0 Å². The van der Waals surface area contributed by atoms with Gasteiger partial charge in [-0.1, -0.05) is 66.2 Å². The first-order valence-corrected chi connectivity index (χ1v) is 14.8. The van der Waals surface area contributed by atoms with E-state index in [2.05, 4.69) is 33.8 Å². The average molecular weight is 584 g/mol. The second kappa shape index (κ2) is 12.4. The Balaban J connectivity index is 1.16. The number of rotatable bonds is 7. The minimum Gasteiger partial charge on any atom is -0.343 e. The van der Waals surface area contributed by atoms with E-state index in [1.54, 1.807) is 29.1 Å². The Morgan fingerprint density at radius 2 is 1.67 bits per heavy atom. The third kappa shape index (κ3) is 6.05. The molecule has 42 heavy (non-hydrogen) atoms. The fourth-order valence-corrected chi connectivity index (χ4v) is 6.29. The number of hydrogen-bond donors (Lipinski definition) is 3. The van der Waals surface area contributed by atoms with E-state index >= 15 is 0 Å². The van der Waals surface area contributed by atoms with Crippen LogP contribution in [-0.2, 0) is 29.0 Å².